The van der Waals surface area contributed by atoms with Crippen molar-refractivity contribution >= 4 is 59.2 Å². The van der Waals surface area contributed by atoms with Gasteiger partial charge in [-0.15, -0.1) is 11.3 Å². The Morgan fingerprint density at radius 3 is 2.29 bits per heavy atom. The van der Waals surface area contributed by atoms with E-state index in [1.165, 1.54) is 6.92 Å². The lowest BCUT2D eigenvalue weighted by molar-refractivity contribution is -0.141. The summed E-state index contributed by atoms with van der Waals surface area (Å²) in [6.07, 6.45) is 3.70. The molecule has 21 heteroatoms. The van der Waals surface area contributed by atoms with Crippen LogP contribution in [-0.2, 0) is 54.1 Å². The second kappa shape index (κ2) is 35.1. The number of carbonyl (C=O) groups is 8. The molecule has 1 saturated heterocycles. The third-order valence-corrected chi connectivity index (χ3v) is 15.1. The van der Waals surface area contributed by atoms with Crippen molar-refractivity contribution in [2.75, 3.05) is 54.1 Å². The maximum Gasteiger partial charge on any atom is 0.408 e. The first-order valence-electron chi connectivity index (χ1n) is 27.5. The minimum absolute atomic E-state index is 0.0239. The molecule has 2 aromatic rings. The molecule has 1 fully saturated rings. The third kappa shape index (κ3) is 23.2. The SMILES string of the molecule is CCC(=O)NCCCCC(NC(=O)C(C)NC(=O)O[C@H](C[C@H](C(C)C)N(C)C(=O)[C@@H](NC(=O)C1CCCCN1C)C(C)CC)c1nc(C(=O)N[C@@H](Cc2ccc(C)cc2)CC(C)OC=O)cs1)C(=O)CCCOCCOC. The summed E-state index contributed by atoms with van der Waals surface area (Å²) in [6.45, 7) is 17.4. The summed E-state index contributed by atoms with van der Waals surface area (Å²) in [7, 11) is 5.16. The molecule has 432 valence electrons. The second-order valence-electron chi connectivity index (χ2n) is 20.8. The molecule has 1 aliphatic heterocycles. The van der Waals surface area contributed by atoms with Gasteiger partial charge in [-0.2, -0.15) is 0 Å². The second-order valence-corrected chi connectivity index (χ2v) is 21.7. The molecule has 1 aromatic carbocycles. The van der Waals surface area contributed by atoms with Crippen LogP contribution in [0.5, 0.6) is 0 Å². The number of hydrogen-bond donors (Lipinski definition) is 5. The number of unbranched alkanes of at least 4 members (excludes halogenated alkanes) is 1. The van der Waals surface area contributed by atoms with Gasteiger partial charge in [0.05, 0.1) is 25.3 Å². The van der Waals surface area contributed by atoms with Crippen LogP contribution in [0.4, 0.5) is 4.79 Å². The number of Topliss-reactive ketones (excluding diaryl/α,β-unsaturated/α-hetero) is 1. The first-order valence-corrected chi connectivity index (χ1v) is 28.4. The van der Waals surface area contributed by atoms with Crippen LogP contribution in [0.2, 0.25) is 0 Å². The van der Waals surface area contributed by atoms with E-state index in [2.05, 4.69) is 26.6 Å². The standard InChI is InChI=1S/C56H90N8O12S/c1-12-38(6)50(62-53(70)45-20-15-17-27-63(45)9)55(71)64(10)46(36(3)4)33-48(54-61-44(34-77-54)52(69)59-42(31-39(7)75-35-65)32-41-24-22-37(5)23-25-41)76-56(72)58-40(8)51(68)60-43(19-14-16-26-57-49(67)13-2)47(66)21-18-28-74-30-29-73-11/h22-25,34-36,38-40,42-43,45-46,48,50H,12-21,26-33H2,1-11H3,(H,57,67)(H,58,72)(H,59,69)(H,60,68)(H,62,70)/t38?,39?,40?,42-,43?,45?,46-,48-,50+/m1/s1. The van der Waals surface area contributed by atoms with E-state index < -0.39 is 60.3 Å². The average molecular weight is 1100 g/mol. The Morgan fingerprint density at radius 2 is 1.64 bits per heavy atom. The number of rotatable bonds is 36. The van der Waals surface area contributed by atoms with Crippen molar-refractivity contribution in [3.63, 3.8) is 0 Å². The van der Waals surface area contributed by atoms with Crippen molar-refractivity contribution in [3.8, 4) is 0 Å². The number of carbonyl (C=O) groups excluding carboxylic acids is 8. The van der Waals surface area contributed by atoms with Gasteiger partial charge in [0, 0.05) is 70.5 Å². The molecule has 1 aromatic heterocycles. The van der Waals surface area contributed by atoms with Crippen LogP contribution in [0.3, 0.4) is 0 Å². The van der Waals surface area contributed by atoms with Gasteiger partial charge in [-0.3, -0.25) is 38.5 Å². The van der Waals surface area contributed by atoms with Crippen LogP contribution in [0.25, 0.3) is 0 Å². The molecule has 5 unspecified atom stereocenters. The van der Waals surface area contributed by atoms with E-state index in [4.69, 9.17) is 23.9 Å². The molecule has 9 atom stereocenters. The number of aryl methyl sites for hydroxylation is 1. The number of alkyl carbamates (subject to hydrolysis) is 1. The number of hydrogen-bond acceptors (Lipinski definition) is 15. The molecule has 1 aliphatic rings. The van der Waals surface area contributed by atoms with Crippen LogP contribution in [0, 0.1) is 18.8 Å². The number of thiazole rings is 1. The van der Waals surface area contributed by atoms with Gasteiger partial charge < -0.3 is 50.4 Å². The molecule has 0 radical (unpaired) electrons. The number of aromatic nitrogens is 1. The zero-order valence-corrected chi connectivity index (χ0v) is 48.4. The van der Waals surface area contributed by atoms with E-state index in [-0.39, 0.29) is 64.9 Å². The van der Waals surface area contributed by atoms with E-state index in [1.54, 1.807) is 38.3 Å². The van der Waals surface area contributed by atoms with Crippen LogP contribution in [0.15, 0.2) is 29.6 Å². The Hall–Kier alpha value is -5.51. The zero-order chi connectivity index (χ0) is 57.0. The van der Waals surface area contributed by atoms with Gasteiger partial charge in [-0.25, -0.2) is 9.78 Å². The van der Waals surface area contributed by atoms with Crippen molar-refractivity contribution in [1.82, 2.24) is 41.4 Å². The number of amides is 6. The summed E-state index contributed by atoms with van der Waals surface area (Å²) in [5, 5.41) is 16.2. The Labute approximate surface area is 461 Å². The molecule has 0 bridgehead atoms. The monoisotopic (exact) mass is 1100 g/mol. The number of likely N-dealkylation sites (tertiary alicyclic amines) is 1. The fraction of sp³-hybridized carbons (Fsp3) is 0.696. The molecule has 20 nitrogen and oxygen atoms in total. The number of ether oxygens (including phenoxy) is 4. The smallest absolute Gasteiger partial charge is 0.408 e. The van der Waals surface area contributed by atoms with Gasteiger partial charge >= 0.3 is 6.09 Å². The largest absolute Gasteiger partial charge is 0.465 e. The van der Waals surface area contributed by atoms with E-state index in [0.717, 1.165) is 41.9 Å². The number of piperidine rings is 1. The van der Waals surface area contributed by atoms with Gasteiger partial charge in [-0.1, -0.05) is 77.3 Å². The molecular formula is C56H90N8O12S. The van der Waals surface area contributed by atoms with E-state index in [1.807, 2.05) is 70.8 Å². The van der Waals surface area contributed by atoms with E-state index >= 15 is 0 Å². The Balaban J connectivity index is 1.93. The molecule has 0 saturated carbocycles. The van der Waals surface area contributed by atoms with Gasteiger partial charge in [0.25, 0.3) is 12.4 Å². The molecule has 77 heavy (non-hydrogen) atoms. The fourth-order valence-corrected chi connectivity index (χ4v) is 10.0. The summed E-state index contributed by atoms with van der Waals surface area (Å²) >= 11 is 1.09. The third-order valence-electron chi connectivity index (χ3n) is 14.2. The Bertz CT molecular complexity index is 2160. The first kappa shape index (κ1) is 65.8. The minimum atomic E-state index is -1.18. The average Bonchev–Trinajstić information content (AvgIpc) is 3.90. The predicted octanol–water partition coefficient (Wildman–Crippen LogP) is 5.98. The lowest BCUT2D eigenvalue weighted by Crippen LogP contribution is -2.58. The topological polar surface area (TPSA) is 253 Å². The van der Waals surface area contributed by atoms with Crippen molar-refractivity contribution in [2.24, 2.45) is 11.8 Å². The lowest BCUT2D eigenvalue weighted by atomic mass is 9.92. The van der Waals surface area contributed by atoms with Gasteiger partial charge in [0.1, 0.15) is 28.9 Å². The highest BCUT2D eigenvalue weighted by molar-refractivity contribution is 7.09. The van der Waals surface area contributed by atoms with Crippen molar-refractivity contribution < 1.29 is 57.3 Å². The summed E-state index contributed by atoms with van der Waals surface area (Å²) < 4.78 is 21.9. The molecule has 6 amide bonds. The molecule has 3 rings (SSSR count). The van der Waals surface area contributed by atoms with Crippen molar-refractivity contribution in [1.29, 1.82) is 0 Å². The highest BCUT2D eigenvalue weighted by Gasteiger charge is 2.38. The summed E-state index contributed by atoms with van der Waals surface area (Å²) in [5.41, 5.74) is 2.09. The highest BCUT2D eigenvalue weighted by atomic mass is 32.1. The van der Waals surface area contributed by atoms with Crippen LogP contribution in [0.1, 0.15) is 158 Å². The number of nitrogens with zero attached hydrogens (tertiary/aromatic N) is 3. The maximum absolute atomic E-state index is 14.7. The molecule has 0 spiro atoms. The van der Waals surface area contributed by atoms with Gasteiger partial charge in [0.15, 0.2) is 11.9 Å². The summed E-state index contributed by atoms with van der Waals surface area (Å²) in [4.78, 5) is 115. The van der Waals surface area contributed by atoms with Crippen molar-refractivity contribution in [2.45, 2.75) is 187 Å². The number of ketones is 1. The van der Waals surface area contributed by atoms with Gasteiger partial charge in [-0.05, 0) is 96.7 Å². The van der Waals surface area contributed by atoms with E-state index in [9.17, 15) is 38.4 Å². The lowest BCUT2D eigenvalue weighted by Gasteiger charge is -2.38. The van der Waals surface area contributed by atoms with Crippen LogP contribution in [-0.4, -0.2) is 159 Å². The molecule has 2 heterocycles. The highest BCUT2D eigenvalue weighted by Crippen LogP contribution is 2.31. The normalized spacial score (nSPS) is 16.8. The summed E-state index contributed by atoms with van der Waals surface area (Å²) in [5.74, 6) is -2.36. The Morgan fingerprint density at radius 1 is 0.909 bits per heavy atom. The summed E-state index contributed by atoms with van der Waals surface area (Å²) in [6, 6.07) is 3.61. The van der Waals surface area contributed by atoms with Crippen LogP contribution >= 0.6 is 11.3 Å². The molecule has 5 N–H and O–H groups in total. The number of methoxy groups -OCH3 is 1. The Kier molecular flexibility index (Phi) is 30.0. The number of benzene rings is 1. The predicted molar refractivity (Wildman–Crippen MR) is 295 cm³/mol. The fourth-order valence-electron chi connectivity index (χ4n) is 9.18. The molecular weight excluding hydrogens is 1010 g/mol. The van der Waals surface area contributed by atoms with Gasteiger partial charge in [0.2, 0.25) is 23.6 Å². The number of nitrogens with one attached hydrogen (secondary N) is 5. The quantitative estimate of drug-likeness (QED) is 0.0389. The number of likely N-dealkylation sites (N-methyl/N-ethyl adjacent to an activating group) is 2. The van der Waals surface area contributed by atoms with Crippen LogP contribution < -0.4 is 26.6 Å². The zero-order valence-electron chi connectivity index (χ0n) is 47.6. The van der Waals surface area contributed by atoms with Crippen molar-refractivity contribution in [3.05, 3.63) is 51.5 Å². The maximum atomic E-state index is 14.7. The minimum Gasteiger partial charge on any atom is -0.465 e. The first-order chi connectivity index (χ1) is 36.7. The molecule has 0 aliphatic carbocycles. The van der Waals surface area contributed by atoms with E-state index in [0.29, 0.717) is 90.6 Å².